The van der Waals surface area contributed by atoms with E-state index in [4.69, 9.17) is 11.6 Å². The maximum Gasteiger partial charge on any atom is 0.419 e. The lowest BCUT2D eigenvalue weighted by molar-refractivity contribution is -0.137. The SMILES string of the molecule is O=C1CCC(NC(=O)c2ccc(CNCC3CCN(c4ncc(-c5cccc(Cl)c5)cc4C(F)(F)F)CC3)c(F)c2)C(=O)N1. The lowest BCUT2D eigenvalue weighted by atomic mass is 9.96. The third kappa shape index (κ3) is 7.54. The fourth-order valence-electron chi connectivity index (χ4n) is 5.41. The molecule has 1 atom stereocenters. The van der Waals surface area contributed by atoms with Crippen molar-refractivity contribution in [2.24, 2.45) is 5.92 Å². The number of aromatic nitrogens is 1. The molecule has 5 rings (SSSR count). The van der Waals surface area contributed by atoms with Crippen molar-refractivity contribution in [2.75, 3.05) is 24.5 Å². The Kier molecular flexibility index (Phi) is 9.50. The zero-order valence-corrected chi connectivity index (χ0v) is 24.3. The summed E-state index contributed by atoms with van der Waals surface area (Å²) >= 11 is 6.02. The largest absolute Gasteiger partial charge is 0.419 e. The van der Waals surface area contributed by atoms with Crippen LogP contribution in [-0.2, 0) is 22.3 Å². The van der Waals surface area contributed by atoms with Gasteiger partial charge in [0.2, 0.25) is 11.8 Å². The number of hydrogen-bond acceptors (Lipinski definition) is 6. The van der Waals surface area contributed by atoms with Gasteiger partial charge in [0.05, 0.1) is 5.56 Å². The van der Waals surface area contributed by atoms with Gasteiger partial charge in [-0.25, -0.2) is 9.37 Å². The summed E-state index contributed by atoms with van der Waals surface area (Å²) in [6.45, 7) is 1.53. The van der Waals surface area contributed by atoms with Crippen molar-refractivity contribution >= 4 is 35.1 Å². The number of benzene rings is 2. The molecule has 3 heterocycles. The molecule has 1 aromatic heterocycles. The number of halogens is 5. The predicted octanol–water partition coefficient (Wildman–Crippen LogP) is 5.10. The first-order valence-electron chi connectivity index (χ1n) is 14.2. The van der Waals surface area contributed by atoms with E-state index in [2.05, 4.69) is 20.9 Å². The van der Waals surface area contributed by atoms with Gasteiger partial charge < -0.3 is 15.5 Å². The second kappa shape index (κ2) is 13.3. The van der Waals surface area contributed by atoms with Crippen LogP contribution in [0, 0.1) is 11.7 Å². The number of amides is 3. The van der Waals surface area contributed by atoms with Gasteiger partial charge in [-0.05, 0) is 67.6 Å². The molecule has 232 valence electrons. The van der Waals surface area contributed by atoms with Crippen LogP contribution in [0.15, 0.2) is 54.7 Å². The molecule has 8 nitrogen and oxygen atoms in total. The average molecular weight is 632 g/mol. The molecule has 0 radical (unpaired) electrons. The van der Waals surface area contributed by atoms with Crippen LogP contribution in [0.2, 0.25) is 5.02 Å². The van der Waals surface area contributed by atoms with Crippen LogP contribution in [0.3, 0.4) is 0 Å². The molecule has 0 spiro atoms. The molecule has 2 aromatic carbocycles. The van der Waals surface area contributed by atoms with Crippen LogP contribution in [0.1, 0.15) is 47.2 Å². The topological polar surface area (TPSA) is 103 Å². The Morgan fingerprint density at radius 3 is 2.50 bits per heavy atom. The Bertz CT molecular complexity index is 1560. The van der Waals surface area contributed by atoms with Crippen molar-refractivity contribution in [2.45, 2.75) is 44.4 Å². The van der Waals surface area contributed by atoms with Crippen molar-refractivity contribution < 1.29 is 31.9 Å². The second-order valence-corrected chi connectivity index (χ2v) is 11.4. The highest BCUT2D eigenvalue weighted by molar-refractivity contribution is 6.30. The second-order valence-electron chi connectivity index (χ2n) is 10.9. The molecule has 0 bridgehead atoms. The zero-order chi connectivity index (χ0) is 31.4. The quantitative estimate of drug-likeness (QED) is 0.236. The number of nitrogens with one attached hydrogen (secondary N) is 3. The third-order valence-corrected chi connectivity index (χ3v) is 8.09. The average Bonchev–Trinajstić information content (AvgIpc) is 2.99. The van der Waals surface area contributed by atoms with Crippen molar-refractivity contribution in [1.29, 1.82) is 0 Å². The summed E-state index contributed by atoms with van der Waals surface area (Å²) in [4.78, 5) is 41.5. The summed E-state index contributed by atoms with van der Waals surface area (Å²) in [6.07, 6.45) is -1.61. The number of alkyl halides is 3. The lowest BCUT2D eigenvalue weighted by Crippen LogP contribution is -2.52. The molecule has 2 aliphatic rings. The van der Waals surface area contributed by atoms with Crippen molar-refractivity contribution in [1.82, 2.24) is 20.9 Å². The number of hydrogen-bond donors (Lipinski definition) is 3. The maximum atomic E-state index is 14.8. The fraction of sp³-hybridized carbons (Fsp3) is 0.355. The number of carbonyl (C=O) groups is 3. The lowest BCUT2D eigenvalue weighted by Gasteiger charge is -2.34. The van der Waals surface area contributed by atoms with Gasteiger partial charge in [-0.15, -0.1) is 0 Å². The Hall–Kier alpha value is -4.03. The molecule has 3 N–H and O–H groups in total. The van der Waals surface area contributed by atoms with E-state index in [-0.39, 0.29) is 36.7 Å². The van der Waals surface area contributed by atoms with Crippen LogP contribution in [0.4, 0.5) is 23.4 Å². The number of imide groups is 1. The molecule has 2 fully saturated rings. The predicted molar refractivity (Wildman–Crippen MR) is 156 cm³/mol. The summed E-state index contributed by atoms with van der Waals surface area (Å²) in [6, 6.07) is 10.9. The molecule has 0 saturated carbocycles. The van der Waals surface area contributed by atoms with Crippen molar-refractivity contribution in [3.05, 3.63) is 82.3 Å². The van der Waals surface area contributed by atoms with E-state index in [1.54, 1.807) is 29.2 Å². The number of rotatable bonds is 8. The monoisotopic (exact) mass is 631 g/mol. The van der Waals surface area contributed by atoms with Gasteiger partial charge in [-0.2, -0.15) is 13.2 Å². The van der Waals surface area contributed by atoms with Crippen LogP contribution in [0.25, 0.3) is 11.1 Å². The highest BCUT2D eigenvalue weighted by Gasteiger charge is 2.37. The normalized spacial score (nSPS) is 17.8. The van der Waals surface area contributed by atoms with E-state index in [1.807, 2.05) is 0 Å². The zero-order valence-electron chi connectivity index (χ0n) is 23.5. The third-order valence-electron chi connectivity index (χ3n) is 7.85. The van der Waals surface area contributed by atoms with E-state index in [0.717, 1.165) is 12.1 Å². The number of anilines is 1. The number of piperidine rings is 2. The summed E-state index contributed by atoms with van der Waals surface area (Å²) in [5.41, 5.74) is 0.483. The minimum absolute atomic E-state index is 0.0516. The Balaban J connectivity index is 1.13. The van der Waals surface area contributed by atoms with Gasteiger partial charge in [0, 0.05) is 54.0 Å². The van der Waals surface area contributed by atoms with E-state index < -0.39 is 41.3 Å². The minimum Gasteiger partial charge on any atom is -0.356 e. The number of carbonyl (C=O) groups excluding carboxylic acids is 3. The van der Waals surface area contributed by atoms with Gasteiger partial charge in [-0.1, -0.05) is 29.8 Å². The van der Waals surface area contributed by atoms with Crippen LogP contribution < -0.4 is 20.9 Å². The van der Waals surface area contributed by atoms with E-state index >= 15 is 0 Å². The van der Waals surface area contributed by atoms with Crippen LogP contribution in [0.5, 0.6) is 0 Å². The standard InChI is InChI=1S/C31H30ClF4N5O3/c32-23-3-1-2-19(12-23)22-13-24(31(34,35)36)28(38-17-22)41-10-8-18(9-11-41)15-37-16-21-5-4-20(14-25(21)33)29(43)39-26-6-7-27(42)40-30(26)44/h1-5,12-14,17-18,26,37H,6-11,15-16H2,(H,39,43)(H,40,42,44). The maximum absolute atomic E-state index is 14.8. The first-order valence-corrected chi connectivity index (χ1v) is 14.6. The van der Waals surface area contributed by atoms with Crippen LogP contribution in [-0.4, -0.2) is 48.4 Å². The van der Waals surface area contributed by atoms with Gasteiger partial charge in [-0.3, -0.25) is 19.7 Å². The van der Waals surface area contributed by atoms with Gasteiger partial charge in [0.1, 0.15) is 17.7 Å². The fourth-order valence-corrected chi connectivity index (χ4v) is 5.60. The highest BCUT2D eigenvalue weighted by Crippen LogP contribution is 2.39. The first kappa shape index (κ1) is 31.4. The summed E-state index contributed by atoms with van der Waals surface area (Å²) < 4.78 is 56.9. The Morgan fingerprint density at radius 2 is 1.82 bits per heavy atom. The molecule has 13 heteroatoms. The van der Waals surface area contributed by atoms with E-state index in [9.17, 15) is 31.9 Å². The Morgan fingerprint density at radius 1 is 1.05 bits per heavy atom. The molecule has 3 aromatic rings. The molecule has 2 aliphatic heterocycles. The summed E-state index contributed by atoms with van der Waals surface area (Å²) in [7, 11) is 0. The number of nitrogens with zero attached hydrogens (tertiary/aromatic N) is 2. The molecule has 3 amide bonds. The van der Waals surface area contributed by atoms with Gasteiger partial charge in [0.25, 0.3) is 5.91 Å². The smallest absolute Gasteiger partial charge is 0.356 e. The number of pyridine rings is 1. The molecular weight excluding hydrogens is 602 g/mol. The highest BCUT2D eigenvalue weighted by atomic mass is 35.5. The van der Waals surface area contributed by atoms with Gasteiger partial charge >= 0.3 is 6.18 Å². The molecular formula is C31H30ClF4N5O3. The molecule has 1 unspecified atom stereocenters. The van der Waals surface area contributed by atoms with Crippen molar-refractivity contribution in [3.63, 3.8) is 0 Å². The summed E-state index contributed by atoms with van der Waals surface area (Å²) in [5.74, 6) is -2.12. The molecule has 2 saturated heterocycles. The minimum atomic E-state index is -4.58. The van der Waals surface area contributed by atoms with Crippen molar-refractivity contribution in [3.8, 4) is 11.1 Å². The first-order chi connectivity index (χ1) is 21.0. The Labute approximate surface area is 256 Å². The van der Waals surface area contributed by atoms with E-state index in [0.29, 0.717) is 54.2 Å². The van der Waals surface area contributed by atoms with Crippen LogP contribution >= 0.6 is 11.6 Å². The summed E-state index contributed by atoms with van der Waals surface area (Å²) in [5, 5.41) is 8.30. The van der Waals surface area contributed by atoms with Gasteiger partial charge in [0.15, 0.2) is 0 Å². The molecule has 44 heavy (non-hydrogen) atoms. The van der Waals surface area contributed by atoms with E-state index in [1.165, 1.54) is 18.3 Å². The molecule has 0 aliphatic carbocycles.